The van der Waals surface area contributed by atoms with E-state index in [-0.39, 0.29) is 11.8 Å². The van der Waals surface area contributed by atoms with Gasteiger partial charge in [-0.15, -0.1) is 0 Å². The zero-order valence-corrected chi connectivity index (χ0v) is 70.7. The summed E-state index contributed by atoms with van der Waals surface area (Å²) in [6, 6.07) is 0. The smallest absolute Gasteiger partial charge is 0.126 e. The summed E-state index contributed by atoms with van der Waals surface area (Å²) in [5.74, 6) is 9.80. The van der Waals surface area contributed by atoms with Gasteiger partial charge in [0.2, 0.25) is 0 Å². The topological polar surface area (TPSA) is 149 Å². The van der Waals surface area contributed by atoms with Gasteiger partial charge in [-0.1, -0.05) is 226 Å². The molecule has 0 saturated heterocycles. The summed E-state index contributed by atoms with van der Waals surface area (Å²) in [6.45, 7) is 36.7. The zero-order chi connectivity index (χ0) is 77.5. The van der Waals surface area contributed by atoms with Gasteiger partial charge < -0.3 is 39.6 Å². The molecule has 12 unspecified atom stereocenters. The fourth-order valence-electron chi connectivity index (χ4n) is 16.1. The van der Waals surface area contributed by atoms with E-state index in [2.05, 4.69) is 159 Å². The van der Waals surface area contributed by atoms with Crippen LogP contribution in [0.2, 0.25) is 0 Å². The molecule has 600 valence electrons. The second kappa shape index (κ2) is 62.2. The molecule has 8 rings (SSSR count). The van der Waals surface area contributed by atoms with Crippen LogP contribution in [0.5, 0.6) is 0 Å². The maximum absolute atomic E-state index is 10.6. The van der Waals surface area contributed by atoms with Gasteiger partial charge in [0, 0.05) is 61.9 Å². The Balaban J connectivity index is 0.000000594. The quantitative estimate of drug-likeness (QED) is 0.0447. The molecule has 8 nitrogen and oxygen atoms in total. The summed E-state index contributed by atoms with van der Waals surface area (Å²) in [7, 11) is 0. The average molecular weight is 1450 g/mol. The Morgan fingerprint density at radius 1 is 0.337 bits per heavy atom. The normalized spacial score (nSPS) is 25.8. The summed E-state index contributed by atoms with van der Waals surface area (Å²) in [5, 5.41) is 36.2. The lowest BCUT2D eigenvalue weighted by atomic mass is 9.79. The zero-order valence-electron chi connectivity index (χ0n) is 70.7. The number of hydrogen-bond donors (Lipinski definition) is 4. The van der Waals surface area contributed by atoms with Crippen LogP contribution in [0.15, 0.2) is 93.2 Å². The number of carbonyl (C=O) groups excluding carboxylic acids is 4. The Morgan fingerprint density at radius 3 is 1.04 bits per heavy atom. The highest BCUT2D eigenvalue weighted by molar-refractivity contribution is 5.58. The van der Waals surface area contributed by atoms with Gasteiger partial charge in [0.05, 0.1) is 0 Å². The molecule has 104 heavy (non-hydrogen) atoms. The van der Waals surface area contributed by atoms with E-state index in [0.29, 0.717) is 61.9 Å². The maximum Gasteiger partial charge on any atom is 0.126 e. The number of carbonyl (C=O) groups is 4. The molecular formula is C96H168O8. The molecule has 0 heterocycles. The minimum Gasteiger partial charge on any atom is -0.396 e. The molecular weight excluding hydrogens is 1280 g/mol. The Morgan fingerprint density at radius 2 is 0.654 bits per heavy atom. The van der Waals surface area contributed by atoms with Crippen molar-refractivity contribution >= 4 is 25.1 Å². The van der Waals surface area contributed by atoms with Crippen molar-refractivity contribution in [3.05, 3.63) is 93.2 Å². The number of aliphatic hydroxyl groups is 4. The average Bonchev–Trinajstić information content (AvgIpc) is 1.03. The van der Waals surface area contributed by atoms with Crippen LogP contribution in [0.1, 0.15) is 368 Å². The summed E-state index contributed by atoms with van der Waals surface area (Å²) >= 11 is 0. The van der Waals surface area contributed by atoms with Crippen LogP contribution in [-0.4, -0.2) is 72.0 Å². The molecule has 8 aliphatic carbocycles. The van der Waals surface area contributed by atoms with E-state index in [4.69, 9.17) is 20.4 Å². The number of hydrogen-bond acceptors (Lipinski definition) is 8. The molecule has 0 spiro atoms. The summed E-state index contributed by atoms with van der Waals surface area (Å²) < 4.78 is 0. The highest BCUT2D eigenvalue weighted by Gasteiger charge is 2.25. The van der Waals surface area contributed by atoms with Crippen molar-refractivity contribution in [2.75, 3.05) is 26.4 Å². The molecule has 8 heteroatoms. The Labute approximate surface area is 643 Å². The predicted molar refractivity (Wildman–Crippen MR) is 449 cm³/mol. The summed E-state index contributed by atoms with van der Waals surface area (Å²) in [6.07, 6.45) is 71.8. The number of allylic oxidation sites excluding steroid dienone is 14. The van der Waals surface area contributed by atoms with Crippen molar-refractivity contribution in [2.24, 2.45) is 94.7 Å². The van der Waals surface area contributed by atoms with Crippen molar-refractivity contribution in [1.82, 2.24) is 0 Å². The van der Waals surface area contributed by atoms with Crippen LogP contribution in [-0.2, 0) is 19.2 Å². The summed E-state index contributed by atoms with van der Waals surface area (Å²) in [4.78, 5) is 42.5. The molecule has 0 aromatic heterocycles. The molecule has 4 fully saturated rings. The molecule has 4 N–H and O–H groups in total. The van der Waals surface area contributed by atoms with E-state index >= 15 is 0 Å². The van der Waals surface area contributed by atoms with E-state index in [0.717, 1.165) is 124 Å². The van der Waals surface area contributed by atoms with Gasteiger partial charge in [0.15, 0.2) is 0 Å². The monoisotopic (exact) mass is 1450 g/mol. The van der Waals surface area contributed by atoms with Crippen molar-refractivity contribution < 1.29 is 39.6 Å². The van der Waals surface area contributed by atoms with Crippen molar-refractivity contribution in [3.8, 4) is 0 Å². The predicted octanol–water partition coefficient (Wildman–Crippen LogP) is 26.0. The third kappa shape index (κ3) is 53.3. The highest BCUT2D eigenvalue weighted by Crippen LogP contribution is 2.36. The van der Waals surface area contributed by atoms with Gasteiger partial charge in [0.1, 0.15) is 25.1 Å². The second-order valence-electron chi connectivity index (χ2n) is 36.2. The maximum atomic E-state index is 10.6. The van der Waals surface area contributed by atoms with E-state index in [1.807, 2.05) is 0 Å². The van der Waals surface area contributed by atoms with E-state index in [9.17, 15) is 19.2 Å². The van der Waals surface area contributed by atoms with Gasteiger partial charge in [0.25, 0.3) is 0 Å². The van der Waals surface area contributed by atoms with Crippen molar-refractivity contribution in [1.29, 1.82) is 0 Å². The fraction of sp³-hybridized carbons (Fsp3) is 0.792. The molecule has 0 aromatic carbocycles. The first kappa shape index (κ1) is 98.4. The van der Waals surface area contributed by atoms with Gasteiger partial charge in [-0.05, 0) is 294 Å². The van der Waals surface area contributed by atoms with Gasteiger partial charge in [-0.25, -0.2) is 0 Å². The summed E-state index contributed by atoms with van der Waals surface area (Å²) in [5.41, 5.74) is 11.6. The Hall–Kier alpha value is -3.56. The Kier molecular flexibility index (Phi) is 58.9. The van der Waals surface area contributed by atoms with Crippen LogP contribution in [0.25, 0.3) is 0 Å². The fourth-order valence-corrected chi connectivity index (χ4v) is 16.1. The number of aliphatic hydroxyl groups excluding tert-OH is 4. The minimum absolute atomic E-state index is 0.189. The van der Waals surface area contributed by atoms with E-state index in [1.165, 1.54) is 244 Å². The third-order valence-electron chi connectivity index (χ3n) is 22.9. The van der Waals surface area contributed by atoms with Crippen LogP contribution < -0.4 is 0 Å². The standard InChI is InChI=1S/C12H24O.3C12H22O.3C12H20O.C12H18O/c8*1-10(2)6-7-11-4-3-5-12(8-11)9-13/h10-13H,3-9H2,1-2H3;9-12H,3-8H2,1-2H3;8,10,12-13H,3-7,9H2,1-2H3;6,11-13H,3-5,7-9H2,1-2H3;8-10,12H,3-7H2,1-2H3;6,9,11-12H,3-5,7-8H2,1-2H3;6,8,12-13H,3-5,7,9H2,1-2H3;6,8-9,12H,3-5,7H2,1-2H3. The minimum atomic E-state index is 0.189. The van der Waals surface area contributed by atoms with Gasteiger partial charge in [-0.2, -0.15) is 0 Å². The molecule has 0 aliphatic heterocycles. The molecule has 0 aromatic rings. The Bertz CT molecular complexity index is 2440. The molecule has 12 atom stereocenters. The van der Waals surface area contributed by atoms with Crippen LogP contribution in [0.3, 0.4) is 0 Å². The molecule has 0 radical (unpaired) electrons. The molecule has 0 amide bonds. The third-order valence-corrected chi connectivity index (χ3v) is 22.9. The van der Waals surface area contributed by atoms with Crippen LogP contribution in [0, 0.1) is 94.7 Å². The van der Waals surface area contributed by atoms with Gasteiger partial charge in [-0.3, -0.25) is 0 Å². The number of aldehydes is 4. The molecule has 8 aliphatic rings. The second-order valence-corrected chi connectivity index (χ2v) is 36.2. The molecule has 4 saturated carbocycles. The van der Waals surface area contributed by atoms with Gasteiger partial charge >= 0.3 is 0 Å². The molecule has 0 bridgehead atoms. The first-order valence-corrected chi connectivity index (χ1v) is 43.3. The van der Waals surface area contributed by atoms with E-state index < -0.39 is 0 Å². The number of rotatable bonds is 28. The lowest BCUT2D eigenvalue weighted by molar-refractivity contribution is -0.113. The largest absolute Gasteiger partial charge is 0.396 e. The van der Waals surface area contributed by atoms with Crippen LogP contribution in [0.4, 0.5) is 0 Å². The van der Waals surface area contributed by atoms with Crippen molar-refractivity contribution in [2.45, 2.75) is 368 Å². The lowest BCUT2D eigenvalue weighted by Gasteiger charge is -2.28. The SMILES string of the molecule is CC(C)=CCC1=CC(C=O)CCC1.CC(C)=CCC1=CC(CO)CCC1.CC(C)=CCC1CCCC(C=O)C1.CC(C)=CCC1CCCC(CO)C1.CC(C)CCC1=CC(C=O)CCC1.CC(C)CCC1=CC(CO)CCC1.CC(C)CCC1CCCC(C=O)C1.CC(C)CCC1CCCC(CO)C1. The van der Waals surface area contributed by atoms with E-state index in [1.54, 1.807) is 5.57 Å². The lowest BCUT2D eigenvalue weighted by Crippen LogP contribution is -2.18. The van der Waals surface area contributed by atoms with Crippen molar-refractivity contribution in [3.63, 3.8) is 0 Å². The first-order chi connectivity index (χ1) is 49.8. The highest BCUT2D eigenvalue weighted by atomic mass is 16.3. The van der Waals surface area contributed by atoms with Crippen LogP contribution >= 0.6 is 0 Å². The first-order valence-electron chi connectivity index (χ1n) is 43.3.